The van der Waals surface area contributed by atoms with Gasteiger partial charge in [-0.05, 0) is 117 Å². The Morgan fingerprint density at radius 1 is 0.919 bits per heavy atom. The molecule has 0 unspecified atom stereocenters. The maximum Gasteiger partial charge on any atom is 0.488 e. The lowest BCUT2D eigenvalue weighted by Gasteiger charge is -2.46. The molecule has 2 saturated heterocycles. The second kappa shape index (κ2) is 17.7. The predicted octanol–water partition coefficient (Wildman–Crippen LogP) is 5.51. The Morgan fingerprint density at radius 2 is 1.61 bits per heavy atom. The van der Waals surface area contributed by atoms with Crippen LogP contribution in [0.3, 0.4) is 0 Å². The maximum atomic E-state index is 14.7. The van der Waals surface area contributed by atoms with Gasteiger partial charge >= 0.3 is 14.2 Å². The van der Waals surface area contributed by atoms with Crippen LogP contribution in [0.4, 0.5) is 10.1 Å². The van der Waals surface area contributed by atoms with Crippen molar-refractivity contribution in [1.82, 2.24) is 4.98 Å². The summed E-state index contributed by atoms with van der Waals surface area (Å²) in [5.41, 5.74) is 4.00. The minimum Gasteiger partial charge on any atom is -0.505 e. The summed E-state index contributed by atoms with van der Waals surface area (Å²) < 4.78 is 28.5. The first kappa shape index (κ1) is 43.2. The highest BCUT2D eigenvalue weighted by Crippen LogP contribution is 2.52. The number of nitrogens with zero attached hydrogens (tertiary/aromatic N) is 2. The lowest BCUT2D eigenvalue weighted by molar-refractivity contribution is -0.122. The molecule has 0 spiro atoms. The molecule has 14 heteroatoms. The molecule has 0 saturated carbocycles. The molecule has 4 N–H and O–H groups in total. The van der Waals surface area contributed by atoms with Gasteiger partial charge in [-0.1, -0.05) is 106 Å². The summed E-state index contributed by atoms with van der Waals surface area (Å²) in [6.07, 6.45) is 3.79. The first-order chi connectivity index (χ1) is 29.8. The van der Waals surface area contributed by atoms with Crippen molar-refractivity contribution in [2.75, 3.05) is 11.5 Å². The third-order valence-electron chi connectivity index (χ3n) is 12.6. The molecule has 10 nitrogen and oxygen atoms in total. The largest absolute Gasteiger partial charge is 0.505 e. The number of rotatable bonds is 12. The van der Waals surface area contributed by atoms with E-state index in [1.807, 2.05) is 54.6 Å². The lowest BCUT2D eigenvalue weighted by atomic mass is 9.58. The van der Waals surface area contributed by atoms with Crippen LogP contribution in [0.15, 0.2) is 139 Å². The van der Waals surface area contributed by atoms with E-state index in [2.05, 4.69) is 50.0 Å². The van der Waals surface area contributed by atoms with E-state index < -0.39 is 69.8 Å². The van der Waals surface area contributed by atoms with Gasteiger partial charge in [0.05, 0.1) is 35.9 Å². The number of phenolic OH excluding ortho intramolecular Hbond substituents is 1. The van der Waals surface area contributed by atoms with Gasteiger partial charge in [-0.2, -0.15) is 0 Å². The summed E-state index contributed by atoms with van der Waals surface area (Å²) in [4.78, 5) is 35.0. The van der Waals surface area contributed by atoms with Gasteiger partial charge in [0.25, 0.3) is 8.32 Å². The molecule has 5 aromatic rings. The van der Waals surface area contributed by atoms with Gasteiger partial charge in [0, 0.05) is 6.20 Å². The van der Waals surface area contributed by atoms with Crippen LogP contribution >= 0.6 is 0 Å². The van der Waals surface area contributed by atoms with Crippen LogP contribution < -0.4 is 20.7 Å². The predicted molar refractivity (Wildman–Crippen MR) is 242 cm³/mol. The van der Waals surface area contributed by atoms with Gasteiger partial charge in [0.1, 0.15) is 0 Å². The van der Waals surface area contributed by atoms with E-state index in [1.165, 1.54) is 24.3 Å². The van der Waals surface area contributed by atoms with Crippen molar-refractivity contribution in [3.05, 3.63) is 156 Å². The second-order valence-corrected chi connectivity index (χ2v) is 21.7. The minimum atomic E-state index is -3.11. The fourth-order valence-electron chi connectivity index (χ4n) is 9.86. The topological polar surface area (TPSA) is 150 Å². The van der Waals surface area contributed by atoms with E-state index in [1.54, 1.807) is 30.5 Å². The monoisotopic (exact) mass is 850 g/mol. The van der Waals surface area contributed by atoms with Crippen molar-refractivity contribution in [3.63, 3.8) is 0 Å². The average Bonchev–Trinajstić information content (AvgIpc) is 3.52. The summed E-state index contributed by atoms with van der Waals surface area (Å²) in [7, 11) is -6.15. The van der Waals surface area contributed by atoms with E-state index >= 15 is 0 Å². The number of carbonyl (C=O) groups is 2. The fourth-order valence-corrected chi connectivity index (χ4v) is 14.4. The minimum absolute atomic E-state index is 0.0771. The van der Waals surface area contributed by atoms with E-state index in [0.717, 1.165) is 32.0 Å². The van der Waals surface area contributed by atoms with Gasteiger partial charge < -0.3 is 29.3 Å². The molecule has 2 aliphatic heterocycles. The summed E-state index contributed by atoms with van der Waals surface area (Å²) in [5, 5.41) is 43.1. The van der Waals surface area contributed by atoms with Crippen LogP contribution in [0.5, 0.6) is 5.75 Å². The Labute approximate surface area is 362 Å². The van der Waals surface area contributed by atoms with Crippen LogP contribution in [0.2, 0.25) is 11.4 Å². The molecule has 2 fully saturated rings. The number of phenols is 1. The molecule has 4 atom stereocenters. The molecule has 62 heavy (non-hydrogen) atoms. The SMILES string of the molecule is CC(C)(C)[Si](OCC1=C2[C@@H](CC/C(=C/c3ccc(O)c(F)c3)c3ccccn3)OB(O)C[C@@H]2[C@@H]2C(=O)N(c3cccc(B(O)O)c3)C(=O)[C@@H]2C1)(c1ccccc1)c1ccccc1. The fraction of sp³-hybridized carbons (Fsp3) is 0.271. The Bertz CT molecular complexity index is 2460. The lowest BCUT2D eigenvalue weighted by Crippen LogP contribution is -2.66. The zero-order valence-corrected chi connectivity index (χ0v) is 35.9. The number of aromatic nitrogens is 1. The number of anilines is 1. The summed E-state index contributed by atoms with van der Waals surface area (Å²) in [5.74, 6) is -4.19. The number of fused-ring (bicyclic) bond motifs is 3. The number of carbonyl (C=O) groups excluding carboxylic acids is 2. The smallest absolute Gasteiger partial charge is 0.488 e. The summed E-state index contributed by atoms with van der Waals surface area (Å²) >= 11 is 0. The highest BCUT2D eigenvalue weighted by atomic mass is 28.4. The Hall–Kier alpha value is -5.47. The summed E-state index contributed by atoms with van der Waals surface area (Å²) in [6, 6.07) is 36.3. The Balaban J connectivity index is 1.23. The van der Waals surface area contributed by atoms with Crippen molar-refractivity contribution >= 4 is 67.5 Å². The number of aromatic hydroxyl groups is 1. The van der Waals surface area contributed by atoms with Crippen LogP contribution in [-0.2, 0) is 18.7 Å². The standard InChI is InChI=1S/C48H49B2FN2O8Si/c1-48(2,3)62(36-15-6-4-7-16-36,37-17-8-5-9-18-37)60-30-33-27-38-45(47(56)53(46(38)55)35-14-12-13-34(28-35)50(58)59)39-29-49(57)61-43(44(33)39)23-21-32(41-19-10-11-24-52-41)25-31-20-22-42(54)40(51)26-31/h4-20,22,24-26,28,38-39,43,45,54,57-59H,21,23,27,29-30H2,1-3H3/b32-25-/t38-,39+,43-,45-/m1/s1. The van der Waals surface area contributed by atoms with Crippen molar-refractivity contribution in [2.24, 2.45) is 17.8 Å². The number of imide groups is 1. The van der Waals surface area contributed by atoms with Gasteiger partial charge in [0.2, 0.25) is 11.8 Å². The van der Waals surface area contributed by atoms with Gasteiger partial charge in [-0.3, -0.25) is 19.5 Å². The highest BCUT2D eigenvalue weighted by Gasteiger charge is 2.58. The Kier molecular flexibility index (Phi) is 12.3. The van der Waals surface area contributed by atoms with E-state index in [-0.39, 0.29) is 35.5 Å². The number of allylic oxidation sites excluding steroid dienone is 1. The normalized spacial score (nSPS) is 20.7. The Morgan fingerprint density at radius 3 is 2.24 bits per heavy atom. The number of hydrogen-bond acceptors (Lipinski definition) is 9. The molecule has 3 aliphatic rings. The van der Waals surface area contributed by atoms with Crippen molar-refractivity contribution in [2.45, 2.75) is 57.5 Å². The zero-order valence-electron chi connectivity index (χ0n) is 34.9. The van der Waals surface area contributed by atoms with Crippen LogP contribution in [-0.4, -0.2) is 72.2 Å². The highest BCUT2D eigenvalue weighted by molar-refractivity contribution is 6.99. The van der Waals surface area contributed by atoms with Crippen molar-refractivity contribution < 1.29 is 43.2 Å². The van der Waals surface area contributed by atoms with E-state index in [4.69, 9.17) is 9.08 Å². The molecule has 8 rings (SSSR count). The molecule has 3 heterocycles. The third kappa shape index (κ3) is 8.26. The van der Waals surface area contributed by atoms with Gasteiger partial charge in [-0.25, -0.2) is 4.39 Å². The van der Waals surface area contributed by atoms with Gasteiger partial charge in [0.15, 0.2) is 11.6 Å². The number of amides is 2. The van der Waals surface area contributed by atoms with Gasteiger partial charge in [-0.15, -0.1) is 0 Å². The number of pyridine rings is 1. The molecular weight excluding hydrogens is 801 g/mol. The molecule has 0 bridgehead atoms. The van der Waals surface area contributed by atoms with Crippen LogP contribution in [0.1, 0.15) is 51.3 Å². The average molecular weight is 851 g/mol. The number of halogens is 1. The van der Waals surface area contributed by atoms with E-state index in [0.29, 0.717) is 24.1 Å². The quantitative estimate of drug-likeness (QED) is 0.0726. The van der Waals surface area contributed by atoms with Crippen molar-refractivity contribution in [1.29, 1.82) is 0 Å². The summed E-state index contributed by atoms with van der Waals surface area (Å²) in [6.45, 7) is 6.72. The molecule has 4 aromatic carbocycles. The number of benzene rings is 4. The number of hydrogen-bond donors (Lipinski definition) is 4. The third-order valence-corrected chi connectivity index (χ3v) is 17.6. The first-order valence-electron chi connectivity index (χ1n) is 21.0. The molecular formula is C48H49B2FN2O8Si. The van der Waals surface area contributed by atoms with Crippen LogP contribution in [0.25, 0.3) is 11.6 Å². The zero-order chi connectivity index (χ0) is 43.8. The van der Waals surface area contributed by atoms with Crippen LogP contribution in [0, 0.1) is 23.6 Å². The molecule has 0 radical (unpaired) electrons. The molecule has 2 amide bonds. The maximum absolute atomic E-state index is 14.7. The molecule has 1 aromatic heterocycles. The second-order valence-electron chi connectivity index (χ2n) is 17.4. The molecule has 316 valence electrons. The molecule has 1 aliphatic carbocycles. The first-order valence-corrected chi connectivity index (χ1v) is 22.9. The van der Waals surface area contributed by atoms with Crippen molar-refractivity contribution in [3.8, 4) is 5.75 Å². The van der Waals surface area contributed by atoms with E-state index in [9.17, 15) is 34.2 Å².